The van der Waals surface area contributed by atoms with Crippen molar-refractivity contribution in [3.8, 4) is 0 Å². The number of nitrogens with one attached hydrogen (secondary N) is 1. The van der Waals surface area contributed by atoms with Gasteiger partial charge in [-0.1, -0.05) is 31.2 Å². The third-order valence-corrected chi connectivity index (χ3v) is 3.77. The Kier molecular flexibility index (Phi) is 3.64. The summed E-state index contributed by atoms with van der Waals surface area (Å²) in [6.07, 6.45) is 1.08. The lowest BCUT2D eigenvalue weighted by atomic mass is 10.1. The molecule has 0 aliphatic carbocycles. The number of nitrogen functional groups attached to an aromatic ring is 1. The molecule has 0 aliphatic rings. The summed E-state index contributed by atoms with van der Waals surface area (Å²) in [4.78, 5) is 0. The number of nitrogens with zero attached hydrogens (tertiary/aromatic N) is 1. The quantitative estimate of drug-likeness (QED) is 0.872. The smallest absolute Gasteiger partial charge is 0.142 e. The molecule has 1 heterocycles. The van der Waals surface area contributed by atoms with Gasteiger partial charge in [-0.2, -0.15) is 4.37 Å². The van der Waals surface area contributed by atoms with E-state index in [0.717, 1.165) is 23.5 Å². The van der Waals surface area contributed by atoms with Crippen LogP contribution in [0.2, 0.25) is 0 Å². The highest BCUT2D eigenvalue weighted by atomic mass is 32.1. The Labute approximate surface area is 106 Å². The SMILES string of the molecule is CCc1ccc(CNc2snc(N)c2C)cc1. The van der Waals surface area contributed by atoms with Crippen LogP contribution >= 0.6 is 11.5 Å². The first-order valence-corrected chi connectivity index (χ1v) is 6.51. The first-order valence-electron chi connectivity index (χ1n) is 5.74. The molecule has 0 aliphatic heterocycles. The second-order valence-electron chi connectivity index (χ2n) is 4.05. The van der Waals surface area contributed by atoms with Crippen LogP contribution in [0.25, 0.3) is 0 Å². The van der Waals surface area contributed by atoms with Crippen molar-refractivity contribution in [3.63, 3.8) is 0 Å². The van der Waals surface area contributed by atoms with E-state index in [9.17, 15) is 0 Å². The predicted octanol–water partition coefficient (Wildman–Crippen LogP) is 3.21. The van der Waals surface area contributed by atoms with Crippen molar-refractivity contribution in [3.05, 3.63) is 41.0 Å². The minimum atomic E-state index is 0.624. The number of hydrogen-bond acceptors (Lipinski definition) is 4. The Bertz CT molecular complexity index is 488. The molecule has 0 bridgehead atoms. The zero-order valence-corrected chi connectivity index (χ0v) is 11.0. The molecule has 0 amide bonds. The predicted molar refractivity (Wildman–Crippen MR) is 74.4 cm³/mol. The van der Waals surface area contributed by atoms with E-state index in [2.05, 4.69) is 40.9 Å². The lowest BCUT2D eigenvalue weighted by Crippen LogP contribution is -1.99. The van der Waals surface area contributed by atoms with E-state index in [1.165, 1.54) is 22.7 Å². The monoisotopic (exact) mass is 247 g/mol. The number of aromatic nitrogens is 1. The van der Waals surface area contributed by atoms with Crippen LogP contribution in [0.15, 0.2) is 24.3 Å². The van der Waals surface area contributed by atoms with E-state index in [4.69, 9.17) is 5.73 Å². The van der Waals surface area contributed by atoms with Gasteiger partial charge in [0.25, 0.3) is 0 Å². The van der Waals surface area contributed by atoms with Crippen molar-refractivity contribution in [2.75, 3.05) is 11.1 Å². The fourth-order valence-electron chi connectivity index (χ4n) is 1.59. The first-order chi connectivity index (χ1) is 8.20. The van der Waals surface area contributed by atoms with Crippen molar-refractivity contribution < 1.29 is 0 Å². The molecule has 1 aromatic heterocycles. The summed E-state index contributed by atoms with van der Waals surface area (Å²) < 4.78 is 4.11. The van der Waals surface area contributed by atoms with Gasteiger partial charge in [-0.25, -0.2) is 0 Å². The van der Waals surface area contributed by atoms with Crippen LogP contribution in [0, 0.1) is 6.92 Å². The number of aryl methyl sites for hydroxylation is 1. The zero-order chi connectivity index (χ0) is 12.3. The molecule has 0 saturated heterocycles. The third-order valence-electron chi connectivity index (χ3n) is 2.84. The molecule has 0 spiro atoms. The van der Waals surface area contributed by atoms with E-state index in [1.807, 2.05) is 6.92 Å². The van der Waals surface area contributed by atoms with E-state index in [-0.39, 0.29) is 0 Å². The molecule has 0 saturated carbocycles. The maximum atomic E-state index is 5.71. The Balaban J connectivity index is 2.00. The normalized spacial score (nSPS) is 10.5. The van der Waals surface area contributed by atoms with E-state index in [1.54, 1.807) is 0 Å². The molecule has 2 rings (SSSR count). The first kappa shape index (κ1) is 11.9. The molecule has 0 unspecified atom stereocenters. The van der Waals surface area contributed by atoms with Crippen LogP contribution in [0.3, 0.4) is 0 Å². The fourth-order valence-corrected chi connectivity index (χ4v) is 2.29. The summed E-state index contributed by atoms with van der Waals surface area (Å²) in [5.41, 5.74) is 9.39. The number of hydrogen-bond donors (Lipinski definition) is 2. The molecular formula is C13H17N3S. The maximum Gasteiger partial charge on any atom is 0.142 e. The third kappa shape index (κ3) is 2.77. The van der Waals surface area contributed by atoms with E-state index >= 15 is 0 Å². The van der Waals surface area contributed by atoms with E-state index in [0.29, 0.717) is 5.82 Å². The van der Waals surface area contributed by atoms with E-state index < -0.39 is 0 Å². The van der Waals surface area contributed by atoms with Crippen LogP contribution in [-0.4, -0.2) is 4.37 Å². The number of nitrogens with two attached hydrogens (primary N) is 1. The van der Waals surface area contributed by atoms with Gasteiger partial charge in [-0.3, -0.25) is 0 Å². The van der Waals surface area contributed by atoms with Crippen molar-refractivity contribution in [1.82, 2.24) is 4.37 Å². The summed E-state index contributed by atoms with van der Waals surface area (Å²) in [6, 6.07) is 8.66. The Morgan fingerprint density at radius 2 is 1.88 bits per heavy atom. The van der Waals surface area contributed by atoms with Gasteiger partial charge in [0, 0.05) is 12.1 Å². The van der Waals surface area contributed by atoms with Crippen LogP contribution < -0.4 is 11.1 Å². The molecule has 90 valence electrons. The van der Waals surface area contributed by atoms with Gasteiger partial charge in [-0.05, 0) is 36.0 Å². The van der Waals surface area contributed by atoms with Crippen molar-refractivity contribution in [1.29, 1.82) is 0 Å². The molecule has 4 heteroatoms. The molecule has 17 heavy (non-hydrogen) atoms. The highest BCUT2D eigenvalue weighted by Gasteiger charge is 2.05. The van der Waals surface area contributed by atoms with Crippen LogP contribution in [-0.2, 0) is 13.0 Å². The number of benzene rings is 1. The lowest BCUT2D eigenvalue weighted by Gasteiger charge is -2.05. The minimum Gasteiger partial charge on any atom is -0.383 e. The molecular weight excluding hydrogens is 230 g/mol. The fraction of sp³-hybridized carbons (Fsp3) is 0.308. The molecule has 0 atom stereocenters. The summed E-state index contributed by atoms with van der Waals surface area (Å²) in [5, 5.41) is 4.42. The van der Waals surface area contributed by atoms with Gasteiger partial charge < -0.3 is 11.1 Å². The van der Waals surface area contributed by atoms with Gasteiger partial charge in [0.2, 0.25) is 0 Å². The van der Waals surface area contributed by atoms with Gasteiger partial charge >= 0.3 is 0 Å². The summed E-state index contributed by atoms with van der Waals surface area (Å²) in [5.74, 6) is 0.624. The molecule has 3 nitrogen and oxygen atoms in total. The van der Waals surface area contributed by atoms with Crippen molar-refractivity contribution in [2.24, 2.45) is 0 Å². The van der Waals surface area contributed by atoms with Crippen LogP contribution in [0.5, 0.6) is 0 Å². The lowest BCUT2D eigenvalue weighted by molar-refractivity contribution is 1.11. The number of rotatable bonds is 4. The topological polar surface area (TPSA) is 50.9 Å². The standard InChI is InChI=1S/C13H17N3S/c1-3-10-4-6-11(7-5-10)8-15-13-9(2)12(14)16-17-13/h4-7,15H,3,8H2,1-2H3,(H2,14,16). The molecule has 3 N–H and O–H groups in total. The van der Waals surface area contributed by atoms with Crippen molar-refractivity contribution in [2.45, 2.75) is 26.8 Å². The summed E-state index contributed by atoms with van der Waals surface area (Å²) in [7, 11) is 0. The van der Waals surface area contributed by atoms with Gasteiger partial charge in [0.15, 0.2) is 0 Å². The average molecular weight is 247 g/mol. The summed E-state index contributed by atoms with van der Waals surface area (Å²) in [6.45, 7) is 4.96. The Morgan fingerprint density at radius 3 is 2.41 bits per heavy atom. The van der Waals surface area contributed by atoms with Crippen LogP contribution in [0.1, 0.15) is 23.6 Å². The summed E-state index contributed by atoms with van der Waals surface area (Å²) >= 11 is 1.42. The molecule has 0 fully saturated rings. The Hall–Kier alpha value is -1.55. The minimum absolute atomic E-state index is 0.624. The molecule has 0 radical (unpaired) electrons. The van der Waals surface area contributed by atoms with Crippen LogP contribution in [0.4, 0.5) is 10.8 Å². The molecule has 2 aromatic rings. The average Bonchev–Trinajstić information content (AvgIpc) is 2.68. The van der Waals surface area contributed by atoms with Gasteiger partial charge in [0.1, 0.15) is 10.8 Å². The van der Waals surface area contributed by atoms with Crippen molar-refractivity contribution >= 4 is 22.4 Å². The highest BCUT2D eigenvalue weighted by molar-refractivity contribution is 7.10. The largest absolute Gasteiger partial charge is 0.383 e. The van der Waals surface area contributed by atoms with Gasteiger partial charge in [0.05, 0.1) is 0 Å². The zero-order valence-electron chi connectivity index (χ0n) is 10.2. The van der Waals surface area contributed by atoms with Gasteiger partial charge in [-0.15, -0.1) is 0 Å². The second-order valence-corrected chi connectivity index (χ2v) is 4.82. The maximum absolute atomic E-state index is 5.71. The number of anilines is 2. The second kappa shape index (κ2) is 5.19. The molecule has 1 aromatic carbocycles. The highest BCUT2D eigenvalue weighted by Crippen LogP contribution is 2.25. The Morgan fingerprint density at radius 1 is 1.24 bits per heavy atom.